The molecule has 0 aromatic heterocycles. The molecule has 1 N–H and O–H groups in total. The molecule has 0 spiro atoms. The highest BCUT2D eigenvalue weighted by Crippen LogP contribution is 2.26. The lowest BCUT2D eigenvalue weighted by Crippen LogP contribution is -2.28. The fourth-order valence-electron chi connectivity index (χ4n) is 2.78. The Hall–Kier alpha value is -1.02. The molecule has 0 amide bonds. The van der Waals surface area contributed by atoms with Crippen LogP contribution in [0.5, 0.6) is 5.75 Å². The van der Waals surface area contributed by atoms with E-state index in [4.69, 9.17) is 4.74 Å². The van der Waals surface area contributed by atoms with Crippen LogP contribution in [0, 0.1) is 19.8 Å². The molecule has 0 radical (unpaired) electrons. The fourth-order valence-corrected chi connectivity index (χ4v) is 2.78. The molecule has 1 saturated heterocycles. The SMILES string of the molecule is CCOc1cc(C)c(CC2CCNCC2)cc1C. The third-order valence-corrected chi connectivity index (χ3v) is 3.90. The molecular formula is C16H25NO. The van der Waals surface area contributed by atoms with Crippen molar-refractivity contribution in [3.05, 3.63) is 28.8 Å². The Bertz CT molecular complexity index is 394. The van der Waals surface area contributed by atoms with Crippen molar-refractivity contribution >= 4 is 0 Å². The van der Waals surface area contributed by atoms with Crippen LogP contribution >= 0.6 is 0 Å². The largest absolute Gasteiger partial charge is 0.494 e. The number of aryl methyl sites for hydroxylation is 2. The van der Waals surface area contributed by atoms with Crippen LogP contribution in [0.1, 0.15) is 36.5 Å². The average Bonchev–Trinajstić information content (AvgIpc) is 2.37. The highest BCUT2D eigenvalue weighted by atomic mass is 16.5. The zero-order valence-electron chi connectivity index (χ0n) is 11.9. The first-order chi connectivity index (χ1) is 8.70. The van der Waals surface area contributed by atoms with Crippen LogP contribution in [-0.2, 0) is 6.42 Å². The summed E-state index contributed by atoms with van der Waals surface area (Å²) in [6.07, 6.45) is 3.85. The molecule has 1 aromatic carbocycles. The van der Waals surface area contributed by atoms with Gasteiger partial charge in [-0.2, -0.15) is 0 Å². The summed E-state index contributed by atoms with van der Waals surface area (Å²) in [6.45, 7) is 9.50. The van der Waals surface area contributed by atoms with Crippen molar-refractivity contribution in [2.45, 2.75) is 40.0 Å². The van der Waals surface area contributed by atoms with Gasteiger partial charge in [0.2, 0.25) is 0 Å². The summed E-state index contributed by atoms with van der Waals surface area (Å²) in [5.41, 5.74) is 4.15. The number of ether oxygens (including phenoxy) is 1. The van der Waals surface area contributed by atoms with Gasteiger partial charge in [-0.1, -0.05) is 6.07 Å². The van der Waals surface area contributed by atoms with E-state index in [1.807, 2.05) is 6.92 Å². The number of piperidine rings is 1. The van der Waals surface area contributed by atoms with E-state index in [0.29, 0.717) is 0 Å². The van der Waals surface area contributed by atoms with E-state index in [1.165, 1.54) is 49.0 Å². The Kier molecular flexibility index (Phi) is 4.65. The van der Waals surface area contributed by atoms with Gasteiger partial charge in [0.05, 0.1) is 6.61 Å². The van der Waals surface area contributed by atoms with Crippen LogP contribution < -0.4 is 10.1 Å². The molecule has 1 aliphatic heterocycles. The van der Waals surface area contributed by atoms with E-state index in [1.54, 1.807) is 0 Å². The number of benzene rings is 1. The Morgan fingerprint density at radius 1 is 1.17 bits per heavy atom. The molecule has 2 nitrogen and oxygen atoms in total. The third-order valence-electron chi connectivity index (χ3n) is 3.90. The number of hydrogen-bond acceptors (Lipinski definition) is 2. The van der Waals surface area contributed by atoms with Crippen LogP contribution in [-0.4, -0.2) is 19.7 Å². The maximum absolute atomic E-state index is 5.65. The van der Waals surface area contributed by atoms with Crippen molar-refractivity contribution in [2.24, 2.45) is 5.92 Å². The molecule has 1 aliphatic rings. The number of hydrogen-bond donors (Lipinski definition) is 1. The van der Waals surface area contributed by atoms with Gasteiger partial charge in [0.1, 0.15) is 5.75 Å². The van der Waals surface area contributed by atoms with Crippen LogP contribution in [0.15, 0.2) is 12.1 Å². The molecule has 1 heterocycles. The summed E-state index contributed by atoms with van der Waals surface area (Å²) in [5, 5.41) is 3.43. The predicted octanol–water partition coefficient (Wildman–Crippen LogP) is 3.24. The van der Waals surface area contributed by atoms with Gasteiger partial charge in [0.25, 0.3) is 0 Å². The summed E-state index contributed by atoms with van der Waals surface area (Å²) >= 11 is 0. The maximum Gasteiger partial charge on any atom is 0.122 e. The minimum absolute atomic E-state index is 0.744. The second kappa shape index (κ2) is 6.24. The van der Waals surface area contributed by atoms with Gasteiger partial charge >= 0.3 is 0 Å². The third kappa shape index (κ3) is 3.26. The second-order valence-corrected chi connectivity index (χ2v) is 5.37. The molecular weight excluding hydrogens is 222 g/mol. The fraction of sp³-hybridized carbons (Fsp3) is 0.625. The van der Waals surface area contributed by atoms with Gasteiger partial charge in [-0.15, -0.1) is 0 Å². The lowest BCUT2D eigenvalue weighted by molar-refractivity contribution is 0.337. The first-order valence-electron chi connectivity index (χ1n) is 7.14. The zero-order valence-corrected chi connectivity index (χ0v) is 11.9. The van der Waals surface area contributed by atoms with Gasteiger partial charge in [0.15, 0.2) is 0 Å². The quantitative estimate of drug-likeness (QED) is 0.882. The van der Waals surface area contributed by atoms with Crippen molar-refractivity contribution in [2.75, 3.05) is 19.7 Å². The van der Waals surface area contributed by atoms with Crippen molar-refractivity contribution in [1.82, 2.24) is 5.32 Å². The summed E-state index contributed by atoms with van der Waals surface area (Å²) in [4.78, 5) is 0. The Morgan fingerprint density at radius 3 is 2.56 bits per heavy atom. The topological polar surface area (TPSA) is 21.3 Å². The van der Waals surface area contributed by atoms with Gasteiger partial charge in [-0.3, -0.25) is 0 Å². The van der Waals surface area contributed by atoms with Crippen LogP contribution in [0.3, 0.4) is 0 Å². The molecule has 1 fully saturated rings. The molecule has 0 atom stereocenters. The van der Waals surface area contributed by atoms with Crippen LogP contribution in [0.2, 0.25) is 0 Å². The Balaban J connectivity index is 2.10. The molecule has 2 heteroatoms. The van der Waals surface area contributed by atoms with E-state index >= 15 is 0 Å². The Labute approximate surface area is 111 Å². The molecule has 0 aliphatic carbocycles. The normalized spacial score (nSPS) is 16.8. The smallest absolute Gasteiger partial charge is 0.122 e. The summed E-state index contributed by atoms with van der Waals surface area (Å²) in [6, 6.07) is 4.53. The Morgan fingerprint density at radius 2 is 1.89 bits per heavy atom. The first kappa shape index (κ1) is 13.4. The standard InChI is InChI=1S/C16H25NO/c1-4-18-16-10-12(2)15(9-13(16)3)11-14-5-7-17-8-6-14/h9-10,14,17H,4-8,11H2,1-3H3. The molecule has 100 valence electrons. The second-order valence-electron chi connectivity index (χ2n) is 5.37. The summed E-state index contributed by atoms with van der Waals surface area (Å²) < 4.78 is 5.65. The van der Waals surface area contributed by atoms with Crippen molar-refractivity contribution in [3.63, 3.8) is 0 Å². The summed E-state index contributed by atoms with van der Waals surface area (Å²) in [5.74, 6) is 1.89. The van der Waals surface area contributed by atoms with Crippen molar-refractivity contribution < 1.29 is 4.74 Å². The molecule has 0 bridgehead atoms. The predicted molar refractivity (Wildman–Crippen MR) is 76.4 cm³/mol. The van der Waals surface area contributed by atoms with E-state index in [9.17, 15) is 0 Å². The van der Waals surface area contributed by atoms with E-state index in [-0.39, 0.29) is 0 Å². The maximum atomic E-state index is 5.65. The molecule has 0 unspecified atom stereocenters. The molecule has 1 aromatic rings. The monoisotopic (exact) mass is 247 g/mol. The lowest BCUT2D eigenvalue weighted by atomic mass is 9.88. The minimum atomic E-state index is 0.744. The average molecular weight is 247 g/mol. The molecule has 2 rings (SSSR count). The molecule has 0 saturated carbocycles. The van der Waals surface area contributed by atoms with Crippen molar-refractivity contribution in [3.8, 4) is 5.75 Å². The van der Waals surface area contributed by atoms with Crippen LogP contribution in [0.25, 0.3) is 0 Å². The van der Waals surface area contributed by atoms with E-state index in [2.05, 4.69) is 31.3 Å². The molecule has 18 heavy (non-hydrogen) atoms. The highest BCUT2D eigenvalue weighted by Gasteiger charge is 2.15. The highest BCUT2D eigenvalue weighted by molar-refractivity contribution is 5.41. The van der Waals surface area contributed by atoms with Crippen molar-refractivity contribution in [1.29, 1.82) is 0 Å². The number of rotatable bonds is 4. The lowest BCUT2D eigenvalue weighted by Gasteiger charge is -2.23. The van der Waals surface area contributed by atoms with Gasteiger partial charge in [-0.05, 0) is 81.8 Å². The summed E-state index contributed by atoms with van der Waals surface area (Å²) in [7, 11) is 0. The minimum Gasteiger partial charge on any atom is -0.494 e. The van der Waals surface area contributed by atoms with Gasteiger partial charge in [0, 0.05) is 0 Å². The first-order valence-corrected chi connectivity index (χ1v) is 7.14. The van der Waals surface area contributed by atoms with E-state index < -0.39 is 0 Å². The van der Waals surface area contributed by atoms with Gasteiger partial charge in [-0.25, -0.2) is 0 Å². The van der Waals surface area contributed by atoms with Gasteiger partial charge < -0.3 is 10.1 Å². The van der Waals surface area contributed by atoms with E-state index in [0.717, 1.165) is 18.3 Å². The zero-order chi connectivity index (χ0) is 13.0. The number of nitrogens with one attached hydrogen (secondary N) is 1. The van der Waals surface area contributed by atoms with Crippen LogP contribution in [0.4, 0.5) is 0 Å².